The van der Waals surface area contributed by atoms with Crippen LogP contribution < -0.4 is 15.4 Å². The largest absolute Gasteiger partial charge is 0.489 e. The average Bonchev–Trinajstić information content (AvgIpc) is 2.70. The molecule has 148 valence electrons. The van der Waals surface area contributed by atoms with Gasteiger partial charge in [-0.15, -0.1) is 10.2 Å². The lowest BCUT2D eigenvalue weighted by molar-refractivity contribution is 0.101. The molecule has 0 fully saturated rings. The second-order valence-corrected chi connectivity index (χ2v) is 6.68. The van der Waals surface area contributed by atoms with Gasteiger partial charge in [0.25, 0.3) is 5.91 Å². The van der Waals surface area contributed by atoms with Crippen molar-refractivity contribution in [1.82, 2.24) is 10.2 Å². The summed E-state index contributed by atoms with van der Waals surface area (Å²) in [6.07, 6.45) is -0.0142. The second-order valence-electron chi connectivity index (χ2n) is 6.68. The quantitative estimate of drug-likeness (QED) is 0.579. The second kappa shape index (κ2) is 8.97. The SMILES string of the molecule is CC(=O)c1cccc(Nc2ccc(C(=O)Nc3ccccc3OC(C)C)nn2)c1. The van der Waals surface area contributed by atoms with E-state index < -0.39 is 0 Å². The third kappa shape index (κ3) is 5.38. The molecule has 0 unspecified atom stereocenters. The van der Waals surface area contributed by atoms with Crippen LogP contribution in [0.15, 0.2) is 60.7 Å². The lowest BCUT2D eigenvalue weighted by Gasteiger charge is -2.14. The van der Waals surface area contributed by atoms with Crippen molar-refractivity contribution >= 4 is 28.9 Å². The first-order chi connectivity index (χ1) is 13.9. The van der Waals surface area contributed by atoms with Crippen LogP contribution in [0.5, 0.6) is 5.75 Å². The first-order valence-corrected chi connectivity index (χ1v) is 9.21. The molecule has 0 bridgehead atoms. The third-order valence-corrected chi connectivity index (χ3v) is 3.94. The Labute approximate surface area is 169 Å². The number of aromatic nitrogens is 2. The highest BCUT2D eigenvalue weighted by atomic mass is 16.5. The van der Waals surface area contributed by atoms with Gasteiger partial charge in [0.05, 0.1) is 11.8 Å². The van der Waals surface area contributed by atoms with Gasteiger partial charge in [0.15, 0.2) is 17.3 Å². The zero-order valence-corrected chi connectivity index (χ0v) is 16.5. The monoisotopic (exact) mass is 390 g/mol. The van der Waals surface area contributed by atoms with Crippen molar-refractivity contribution in [2.75, 3.05) is 10.6 Å². The molecule has 0 saturated heterocycles. The Kier molecular flexibility index (Phi) is 6.19. The Morgan fingerprint density at radius 1 is 0.966 bits per heavy atom. The maximum Gasteiger partial charge on any atom is 0.276 e. The van der Waals surface area contributed by atoms with E-state index in [-0.39, 0.29) is 23.5 Å². The number of ether oxygens (including phenoxy) is 1. The van der Waals surface area contributed by atoms with Crippen molar-refractivity contribution in [2.45, 2.75) is 26.9 Å². The minimum atomic E-state index is -0.387. The molecule has 1 aromatic heterocycles. The maximum absolute atomic E-state index is 12.5. The van der Waals surface area contributed by atoms with E-state index in [1.165, 1.54) is 6.92 Å². The Hall–Kier alpha value is -3.74. The molecule has 7 heteroatoms. The van der Waals surface area contributed by atoms with Crippen LogP contribution in [0.25, 0.3) is 0 Å². The number of para-hydroxylation sites is 2. The van der Waals surface area contributed by atoms with Crippen LogP contribution in [0.3, 0.4) is 0 Å². The number of nitrogens with one attached hydrogen (secondary N) is 2. The molecular weight excluding hydrogens is 368 g/mol. The van der Waals surface area contributed by atoms with Gasteiger partial charge in [0.1, 0.15) is 5.75 Å². The molecule has 0 aliphatic heterocycles. The zero-order chi connectivity index (χ0) is 20.8. The maximum atomic E-state index is 12.5. The number of hydrogen-bond acceptors (Lipinski definition) is 6. The molecule has 1 amide bonds. The summed E-state index contributed by atoms with van der Waals surface area (Å²) in [5.74, 6) is 0.647. The average molecular weight is 390 g/mol. The van der Waals surface area contributed by atoms with E-state index >= 15 is 0 Å². The number of rotatable bonds is 7. The number of carbonyl (C=O) groups excluding carboxylic acids is 2. The topological polar surface area (TPSA) is 93.2 Å². The molecule has 29 heavy (non-hydrogen) atoms. The molecule has 0 spiro atoms. The molecule has 3 aromatic rings. The van der Waals surface area contributed by atoms with E-state index in [1.807, 2.05) is 32.0 Å². The van der Waals surface area contributed by atoms with Gasteiger partial charge in [0.2, 0.25) is 0 Å². The molecular formula is C22H22N4O3. The Morgan fingerprint density at radius 2 is 1.76 bits per heavy atom. The van der Waals surface area contributed by atoms with Crippen molar-refractivity contribution in [3.05, 3.63) is 71.9 Å². The number of amides is 1. The van der Waals surface area contributed by atoms with Gasteiger partial charge in [0, 0.05) is 11.3 Å². The van der Waals surface area contributed by atoms with Gasteiger partial charge in [-0.05, 0) is 57.2 Å². The molecule has 7 nitrogen and oxygen atoms in total. The number of anilines is 3. The van der Waals surface area contributed by atoms with Crippen LogP contribution >= 0.6 is 0 Å². The summed E-state index contributed by atoms with van der Waals surface area (Å²) in [6, 6.07) is 17.5. The zero-order valence-electron chi connectivity index (χ0n) is 16.5. The Morgan fingerprint density at radius 3 is 2.45 bits per heavy atom. The van der Waals surface area contributed by atoms with Crippen LogP contribution in [0, 0.1) is 0 Å². The van der Waals surface area contributed by atoms with Crippen LogP contribution in [-0.4, -0.2) is 28.0 Å². The summed E-state index contributed by atoms with van der Waals surface area (Å²) in [5, 5.41) is 13.9. The normalized spacial score (nSPS) is 10.5. The molecule has 2 N–H and O–H groups in total. The number of carbonyl (C=O) groups is 2. The fourth-order valence-corrected chi connectivity index (χ4v) is 2.60. The van der Waals surface area contributed by atoms with Gasteiger partial charge >= 0.3 is 0 Å². The number of Topliss-reactive ketones (excluding diaryl/α,β-unsaturated/α-hetero) is 1. The molecule has 3 rings (SSSR count). The minimum Gasteiger partial charge on any atom is -0.489 e. The number of hydrogen-bond donors (Lipinski definition) is 2. The smallest absolute Gasteiger partial charge is 0.276 e. The molecule has 2 aromatic carbocycles. The van der Waals surface area contributed by atoms with Gasteiger partial charge in [-0.2, -0.15) is 0 Å². The van der Waals surface area contributed by atoms with Gasteiger partial charge in [-0.1, -0.05) is 24.3 Å². The van der Waals surface area contributed by atoms with Crippen molar-refractivity contribution in [1.29, 1.82) is 0 Å². The number of ketones is 1. The molecule has 0 saturated carbocycles. The highest BCUT2D eigenvalue weighted by Crippen LogP contribution is 2.25. The molecule has 0 aliphatic carbocycles. The fourth-order valence-electron chi connectivity index (χ4n) is 2.60. The fraction of sp³-hybridized carbons (Fsp3) is 0.182. The molecule has 0 aliphatic rings. The van der Waals surface area contributed by atoms with Crippen molar-refractivity contribution < 1.29 is 14.3 Å². The summed E-state index contributed by atoms with van der Waals surface area (Å²) in [6.45, 7) is 5.35. The van der Waals surface area contributed by atoms with E-state index in [0.29, 0.717) is 28.5 Å². The van der Waals surface area contributed by atoms with Crippen molar-refractivity contribution in [3.8, 4) is 5.75 Å². The van der Waals surface area contributed by atoms with Crippen LogP contribution in [0.4, 0.5) is 17.2 Å². The van der Waals surface area contributed by atoms with Gasteiger partial charge < -0.3 is 15.4 Å². The van der Waals surface area contributed by atoms with E-state index in [9.17, 15) is 9.59 Å². The molecule has 0 radical (unpaired) electrons. The van der Waals surface area contributed by atoms with Gasteiger partial charge in [-0.25, -0.2) is 0 Å². The lowest BCUT2D eigenvalue weighted by Crippen LogP contribution is -2.16. The minimum absolute atomic E-state index is 0.0142. The first-order valence-electron chi connectivity index (χ1n) is 9.21. The summed E-state index contributed by atoms with van der Waals surface area (Å²) in [4.78, 5) is 24.0. The highest BCUT2D eigenvalue weighted by Gasteiger charge is 2.12. The summed E-state index contributed by atoms with van der Waals surface area (Å²) in [5.41, 5.74) is 2.05. The van der Waals surface area contributed by atoms with Crippen LogP contribution in [0.2, 0.25) is 0 Å². The van der Waals surface area contributed by atoms with Crippen molar-refractivity contribution in [2.24, 2.45) is 0 Å². The van der Waals surface area contributed by atoms with E-state index in [1.54, 1.807) is 42.5 Å². The van der Waals surface area contributed by atoms with Crippen LogP contribution in [0.1, 0.15) is 41.6 Å². The summed E-state index contributed by atoms with van der Waals surface area (Å²) >= 11 is 0. The molecule has 0 atom stereocenters. The van der Waals surface area contributed by atoms with E-state index in [0.717, 1.165) is 0 Å². The Balaban J connectivity index is 1.70. The van der Waals surface area contributed by atoms with Crippen LogP contribution in [-0.2, 0) is 0 Å². The third-order valence-electron chi connectivity index (χ3n) is 3.94. The number of nitrogens with zero attached hydrogens (tertiary/aromatic N) is 2. The Bertz CT molecular complexity index is 1020. The van der Waals surface area contributed by atoms with Crippen molar-refractivity contribution in [3.63, 3.8) is 0 Å². The standard InChI is InChI=1S/C22H22N4O3/c1-14(2)29-20-10-5-4-9-18(20)24-22(28)19-11-12-21(26-25-19)23-17-8-6-7-16(13-17)15(3)27/h4-14H,1-3H3,(H,23,26)(H,24,28). The van der Waals surface area contributed by atoms with E-state index in [2.05, 4.69) is 20.8 Å². The summed E-state index contributed by atoms with van der Waals surface area (Å²) in [7, 11) is 0. The van der Waals surface area contributed by atoms with Gasteiger partial charge in [-0.3, -0.25) is 9.59 Å². The number of benzene rings is 2. The summed E-state index contributed by atoms with van der Waals surface area (Å²) < 4.78 is 5.71. The highest BCUT2D eigenvalue weighted by molar-refractivity contribution is 6.03. The predicted octanol–water partition coefficient (Wildman–Crippen LogP) is 4.46. The predicted molar refractivity (Wildman–Crippen MR) is 112 cm³/mol. The van der Waals surface area contributed by atoms with E-state index in [4.69, 9.17) is 4.74 Å². The molecule has 1 heterocycles. The first kappa shape index (κ1) is 20.0. The lowest BCUT2D eigenvalue weighted by atomic mass is 10.1.